The molecule has 1 fully saturated rings. The molecule has 5 nitrogen and oxygen atoms in total. The summed E-state index contributed by atoms with van der Waals surface area (Å²) >= 11 is 12.4. The van der Waals surface area contributed by atoms with Crippen molar-refractivity contribution in [2.75, 3.05) is 31.1 Å². The standard InChI is InChI=1S/C29H31Cl2N5/c1-19(2)8-10-22-20(3)23(17-32)28-33-26-6-4-5-7-27(26)36(28)29(22)35-14-12-34(13-15-35)18-21-9-11-24(30)25(31)16-21/h4-7,9,11,16,19H,8,10,12-15,18H2,1-3H3. The lowest BCUT2D eigenvalue weighted by Gasteiger charge is -2.38. The van der Waals surface area contributed by atoms with Gasteiger partial charge in [0.1, 0.15) is 11.9 Å². The molecule has 186 valence electrons. The number of anilines is 1. The molecule has 1 aliphatic rings. The number of benzene rings is 2. The molecule has 1 aliphatic heterocycles. The highest BCUT2D eigenvalue weighted by Gasteiger charge is 2.27. The van der Waals surface area contributed by atoms with Crippen molar-refractivity contribution in [3.8, 4) is 6.07 Å². The van der Waals surface area contributed by atoms with E-state index in [4.69, 9.17) is 28.2 Å². The number of para-hydroxylation sites is 2. The first-order valence-electron chi connectivity index (χ1n) is 12.6. The summed E-state index contributed by atoms with van der Waals surface area (Å²) in [5, 5.41) is 11.3. The van der Waals surface area contributed by atoms with Crippen LogP contribution in [0.15, 0.2) is 42.5 Å². The van der Waals surface area contributed by atoms with Crippen LogP contribution in [0.4, 0.5) is 5.82 Å². The number of imidazole rings is 1. The van der Waals surface area contributed by atoms with Crippen molar-refractivity contribution in [2.45, 2.75) is 40.2 Å². The molecule has 0 N–H and O–H groups in total. The molecule has 0 aliphatic carbocycles. The maximum Gasteiger partial charge on any atom is 0.157 e. The molecule has 0 amide bonds. The Hall–Kier alpha value is -2.78. The van der Waals surface area contributed by atoms with E-state index in [-0.39, 0.29) is 0 Å². The Morgan fingerprint density at radius 1 is 1.03 bits per heavy atom. The molecule has 2 aromatic heterocycles. The van der Waals surface area contributed by atoms with Crippen LogP contribution >= 0.6 is 23.2 Å². The summed E-state index contributed by atoms with van der Waals surface area (Å²) in [4.78, 5) is 9.86. The van der Waals surface area contributed by atoms with E-state index in [0.717, 1.165) is 67.8 Å². The third-order valence-corrected chi connectivity index (χ3v) is 7.98. The van der Waals surface area contributed by atoms with Gasteiger partial charge >= 0.3 is 0 Å². The van der Waals surface area contributed by atoms with Gasteiger partial charge in [0.25, 0.3) is 0 Å². The monoisotopic (exact) mass is 519 g/mol. The molecule has 0 unspecified atom stereocenters. The van der Waals surface area contributed by atoms with E-state index in [1.807, 2.05) is 24.3 Å². The van der Waals surface area contributed by atoms with Crippen molar-refractivity contribution in [1.82, 2.24) is 14.3 Å². The number of piperazine rings is 1. The van der Waals surface area contributed by atoms with Gasteiger partial charge in [-0.3, -0.25) is 9.30 Å². The van der Waals surface area contributed by atoms with Gasteiger partial charge in [0, 0.05) is 32.7 Å². The zero-order valence-corrected chi connectivity index (χ0v) is 22.6. The molecular weight excluding hydrogens is 489 g/mol. The van der Waals surface area contributed by atoms with Crippen LogP contribution in [0.1, 0.15) is 42.5 Å². The predicted octanol–water partition coefficient (Wildman–Crippen LogP) is 6.89. The Kier molecular flexibility index (Phi) is 7.12. The van der Waals surface area contributed by atoms with Crippen LogP contribution in [0.25, 0.3) is 16.7 Å². The van der Waals surface area contributed by atoms with Crippen LogP contribution < -0.4 is 4.90 Å². The summed E-state index contributed by atoms with van der Waals surface area (Å²) in [5.74, 6) is 1.78. The van der Waals surface area contributed by atoms with Gasteiger partial charge in [0.15, 0.2) is 5.65 Å². The molecule has 7 heteroatoms. The lowest BCUT2D eigenvalue weighted by Crippen LogP contribution is -2.47. The summed E-state index contributed by atoms with van der Waals surface area (Å²) in [5.41, 5.74) is 6.94. The number of hydrogen-bond acceptors (Lipinski definition) is 4. The number of fused-ring (bicyclic) bond motifs is 3. The number of aromatic nitrogens is 2. The number of nitrogens with zero attached hydrogens (tertiary/aromatic N) is 5. The van der Waals surface area contributed by atoms with Crippen LogP contribution in [0.5, 0.6) is 0 Å². The highest BCUT2D eigenvalue weighted by Crippen LogP contribution is 2.35. The van der Waals surface area contributed by atoms with Crippen molar-refractivity contribution in [1.29, 1.82) is 5.26 Å². The Morgan fingerprint density at radius 2 is 1.78 bits per heavy atom. The smallest absolute Gasteiger partial charge is 0.157 e. The van der Waals surface area contributed by atoms with Gasteiger partial charge < -0.3 is 4.90 Å². The van der Waals surface area contributed by atoms with E-state index >= 15 is 0 Å². The Labute approximate surface area is 222 Å². The van der Waals surface area contributed by atoms with E-state index in [1.54, 1.807) is 0 Å². The fourth-order valence-corrected chi connectivity index (χ4v) is 5.56. The van der Waals surface area contributed by atoms with Crippen molar-refractivity contribution in [2.24, 2.45) is 5.92 Å². The normalized spacial score (nSPS) is 14.8. The molecular formula is C29H31Cl2N5. The van der Waals surface area contributed by atoms with E-state index in [9.17, 15) is 5.26 Å². The number of pyridine rings is 1. The van der Waals surface area contributed by atoms with Gasteiger partial charge in [-0.25, -0.2) is 4.98 Å². The van der Waals surface area contributed by atoms with Crippen molar-refractivity contribution >= 4 is 45.7 Å². The van der Waals surface area contributed by atoms with Gasteiger partial charge in [-0.05, 0) is 66.6 Å². The quantitative estimate of drug-likeness (QED) is 0.278. The van der Waals surface area contributed by atoms with Crippen molar-refractivity contribution < 1.29 is 0 Å². The molecule has 5 rings (SSSR count). The molecule has 0 radical (unpaired) electrons. The number of hydrogen-bond donors (Lipinski definition) is 0. The lowest BCUT2D eigenvalue weighted by atomic mass is 9.96. The van der Waals surface area contributed by atoms with Crippen molar-refractivity contribution in [3.05, 3.63) is 74.8 Å². The van der Waals surface area contributed by atoms with E-state index in [0.29, 0.717) is 21.5 Å². The van der Waals surface area contributed by atoms with Crippen LogP contribution in [0, 0.1) is 24.2 Å². The van der Waals surface area contributed by atoms with Crippen LogP contribution in [-0.4, -0.2) is 40.5 Å². The Morgan fingerprint density at radius 3 is 2.47 bits per heavy atom. The first kappa shape index (κ1) is 24.9. The van der Waals surface area contributed by atoms with Gasteiger partial charge in [0.2, 0.25) is 0 Å². The predicted molar refractivity (Wildman–Crippen MR) is 149 cm³/mol. The van der Waals surface area contributed by atoms with Gasteiger partial charge in [-0.1, -0.05) is 55.2 Å². The zero-order valence-electron chi connectivity index (χ0n) is 21.1. The second-order valence-electron chi connectivity index (χ2n) is 10.1. The van der Waals surface area contributed by atoms with Crippen molar-refractivity contribution in [3.63, 3.8) is 0 Å². The zero-order chi connectivity index (χ0) is 25.4. The maximum absolute atomic E-state index is 10.1. The first-order chi connectivity index (χ1) is 17.4. The molecule has 0 saturated carbocycles. The van der Waals surface area contributed by atoms with Gasteiger partial charge in [-0.15, -0.1) is 0 Å². The second-order valence-corrected chi connectivity index (χ2v) is 10.9. The minimum absolute atomic E-state index is 0.584. The topological polar surface area (TPSA) is 47.6 Å². The fourth-order valence-electron chi connectivity index (χ4n) is 5.24. The maximum atomic E-state index is 10.1. The summed E-state index contributed by atoms with van der Waals surface area (Å²) in [7, 11) is 0. The average molecular weight is 521 g/mol. The molecule has 36 heavy (non-hydrogen) atoms. The minimum Gasteiger partial charge on any atom is -0.355 e. The van der Waals surface area contributed by atoms with Crippen LogP contribution in [0.3, 0.4) is 0 Å². The summed E-state index contributed by atoms with van der Waals surface area (Å²) in [6.07, 6.45) is 2.02. The molecule has 1 saturated heterocycles. The number of nitriles is 1. The third kappa shape index (κ3) is 4.66. The highest BCUT2D eigenvalue weighted by molar-refractivity contribution is 6.42. The second kappa shape index (κ2) is 10.3. The average Bonchev–Trinajstić information content (AvgIpc) is 3.24. The molecule has 0 bridgehead atoms. The summed E-state index contributed by atoms with van der Waals surface area (Å²) in [6, 6.07) is 16.6. The molecule has 0 spiro atoms. The first-order valence-corrected chi connectivity index (χ1v) is 13.4. The summed E-state index contributed by atoms with van der Waals surface area (Å²) < 4.78 is 2.24. The Bertz CT molecular complexity index is 1460. The SMILES string of the molecule is Cc1c(CCC(C)C)c(N2CCN(Cc3ccc(Cl)c(Cl)c3)CC2)n2c(nc3ccccc32)c1C#N. The van der Waals surface area contributed by atoms with Gasteiger partial charge in [0.05, 0.1) is 26.6 Å². The molecule has 3 heterocycles. The molecule has 2 aromatic carbocycles. The number of rotatable bonds is 6. The lowest BCUT2D eigenvalue weighted by molar-refractivity contribution is 0.249. The van der Waals surface area contributed by atoms with Crippen LogP contribution in [-0.2, 0) is 13.0 Å². The van der Waals surface area contributed by atoms with Gasteiger partial charge in [-0.2, -0.15) is 5.26 Å². The Balaban J connectivity index is 1.53. The van der Waals surface area contributed by atoms with E-state index < -0.39 is 0 Å². The fraction of sp³-hybridized carbons (Fsp3) is 0.379. The summed E-state index contributed by atoms with van der Waals surface area (Å²) in [6.45, 7) is 11.2. The van der Waals surface area contributed by atoms with E-state index in [1.165, 1.54) is 16.9 Å². The molecule has 0 atom stereocenters. The molecule has 4 aromatic rings. The van der Waals surface area contributed by atoms with E-state index in [2.05, 4.69) is 59.2 Å². The minimum atomic E-state index is 0.584. The largest absolute Gasteiger partial charge is 0.355 e. The van der Waals surface area contributed by atoms with Crippen LogP contribution in [0.2, 0.25) is 10.0 Å². The highest BCUT2D eigenvalue weighted by atomic mass is 35.5. The third-order valence-electron chi connectivity index (χ3n) is 7.24. The number of halogens is 2.